The van der Waals surface area contributed by atoms with Gasteiger partial charge < -0.3 is 5.32 Å². The van der Waals surface area contributed by atoms with Gasteiger partial charge in [-0.3, -0.25) is 0 Å². The lowest BCUT2D eigenvalue weighted by molar-refractivity contribution is 0.533. The summed E-state index contributed by atoms with van der Waals surface area (Å²) in [5.41, 5.74) is 4.17. The van der Waals surface area contributed by atoms with E-state index in [1.165, 1.54) is 14.6 Å². The quantitative estimate of drug-likeness (QED) is 0.734. The van der Waals surface area contributed by atoms with Gasteiger partial charge in [-0.15, -0.1) is 22.7 Å². The Morgan fingerprint density at radius 3 is 2.86 bits per heavy atom. The number of hydrogen-bond donors (Lipinski definition) is 1. The molecule has 110 valence electrons. The molecule has 0 radical (unpaired) electrons. The van der Waals surface area contributed by atoms with Crippen LogP contribution in [-0.4, -0.2) is 16.5 Å². The number of benzene rings is 1. The minimum Gasteiger partial charge on any atom is -0.309 e. The zero-order valence-electron chi connectivity index (χ0n) is 12.3. The van der Waals surface area contributed by atoms with Crippen molar-refractivity contribution in [1.82, 2.24) is 15.3 Å². The van der Waals surface area contributed by atoms with Crippen LogP contribution in [0.4, 0.5) is 0 Å². The maximum atomic E-state index is 4.76. The summed E-state index contributed by atoms with van der Waals surface area (Å²) in [7, 11) is 0. The van der Waals surface area contributed by atoms with Crippen LogP contribution >= 0.6 is 22.7 Å². The number of thiazole rings is 2. The van der Waals surface area contributed by atoms with Gasteiger partial charge in [-0.1, -0.05) is 19.1 Å². The second-order valence-electron chi connectivity index (χ2n) is 5.09. The Balaban J connectivity index is 1.85. The van der Waals surface area contributed by atoms with Gasteiger partial charge in [-0.05, 0) is 32.0 Å². The molecule has 0 bridgehead atoms. The fourth-order valence-electron chi connectivity index (χ4n) is 2.40. The Kier molecular flexibility index (Phi) is 4.63. The summed E-state index contributed by atoms with van der Waals surface area (Å²) in [5.74, 6) is 0. The van der Waals surface area contributed by atoms with E-state index in [2.05, 4.69) is 42.3 Å². The molecule has 0 saturated heterocycles. The standard InChI is InChI=1S/C16H19N3S2/c1-3-8-17-13(16-11(2)18-10-20-16)9-15-19-12-6-4-5-7-14(12)21-15/h4-7,10,13,17H,3,8-9H2,1-2H3. The van der Waals surface area contributed by atoms with Crippen molar-refractivity contribution in [1.29, 1.82) is 0 Å². The molecule has 0 spiro atoms. The molecule has 0 amide bonds. The lowest BCUT2D eigenvalue weighted by atomic mass is 10.1. The highest BCUT2D eigenvalue weighted by atomic mass is 32.1. The molecule has 0 aliphatic carbocycles. The number of rotatable bonds is 6. The Hall–Kier alpha value is -1.30. The van der Waals surface area contributed by atoms with Crippen LogP contribution in [0.1, 0.15) is 35.0 Å². The van der Waals surface area contributed by atoms with E-state index in [9.17, 15) is 0 Å². The number of nitrogens with one attached hydrogen (secondary N) is 1. The van der Waals surface area contributed by atoms with E-state index in [4.69, 9.17) is 4.98 Å². The highest BCUT2D eigenvalue weighted by molar-refractivity contribution is 7.18. The summed E-state index contributed by atoms with van der Waals surface area (Å²) in [6.07, 6.45) is 2.07. The monoisotopic (exact) mass is 317 g/mol. The van der Waals surface area contributed by atoms with Crippen LogP contribution in [0.5, 0.6) is 0 Å². The Labute approximate surface area is 133 Å². The summed E-state index contributed by atoms with van der Waals surface area (Å²) in [6.45, 7) is 5.30. The van der Waals surface area contributed by atoms with Crippen LogP contribution in [-0.2, 0) is 6.42 Å². The minimum absolute atomic E-state index is 0.318. The molecule has 0 aliphatic rings. The van der Waals surface area contributed by atoms with Crippen LogP contribution in [0, 0.1) is 6.92 Å². The van der Waals surface area contributed by atoms with Gasteiger partial charge in [0.15, 0.2) is 0 Å². The molecular formula is C16H19N3S2. The van der Waals surface area contributed by atoms with Crippen LogP contribution in [0.25, 0.3) is 10.2 Å². The molecule has 3 aromatic rings. The first kappa shape index (κ1) is 14.6. The average molecular weight is 317 g/mol. The van der Waals surface area contributed by atoms with Crippen molar-refractivity contribution in [3.63, 3.8) is 0 Å². The predicted molar refractivity (Wildman–Crippen MR) is 91.2 cm³/mol. The third-order valence-electron chi connectivity index (χ3n) is 3.46. The van der Waals surface area contributed by atoms with Crippen molar-refractivity contribution in [3.05, 3.63) is 45.4 Å². The van der Waals surface area contributed by atoms with Crippen molar-refractivity contribution in [2.45, 2.75) is 32.7 Å². The normalized spacial score (nSPS) is 12.9. The lowest BCUT2D eigenvalue weighted by Gasteiger charge is -2.16. The number of aromatic nitrogens is 2. The Bertz CT molecular complexity index is 684. The summed E-state index contributed by atoms with van der Waals surface area (Å²) in [4.78, 5) is 10.5. The third-order valence-corrected chi connectivity index (χ3v) is 5.56. The van der Waals surface area contributed by atoms with Crippen LogP contribution in [0.2, 0.25) is 0 Å². The molecule has 1 aromatic carbocycles. The Morgan fingerprint density at radius 1 is 1.29 bits per heavy atom. The van der Waals surface area contributed by atoms with E-state index >= 15 is 0 Å². The SMILES string of the molecule is CCCNC(Cc1nc2ccccc2s1)c1scnc1C. The number of nitrogens with zero attached hydrogens (tertiary/aromatic N) is 2. The molecule has 0 fully saturated rings. The molecule has 3 rings (SSSR count). The average Bonchev–Trinajstić information content (AvgIpc) is 3.08. The van der Waals surface area contributed by atoms with Gasteiger partial charge in [0.05, 0.1) is 26.4 Å². The van der Waals surface area contributed by atoms with Crippen molar-refractivity contribution < 1.29 is 0 Å². The van der Waals surface area contributed by atoms with Crippen molar-refractivity contribution in [2.24, 2.45) is 0 Å². The molecule has 5 heteroatoms. The fraction of sp³-hybridized carbons (Fsp3) is 0.375. The van der Waals surface area contributed by atoms with Crippen LogP contribution in [0.3, 0.4) is 0 Å². The second-order valence-corrected chi connectivity index (χ2v) is 7.09. The lowest BCUT2D eigenvalue weighted by Crippen LogP contribution is -2.23. The van der Waals surface area contributed by atoms with E-state index in [1.807, 2.05) is 11.6 Å². The van der Waals surface area contributed by atoms with Gasteiger partial charge in [-0.2, -0.15) is 0 Å². The smallest absolute Gasteiger partial charge is 0.0957 e. The molecule has 1 unspecified atom stereocenters. The molecule has 2 aromatic heterocycles. The van der Waals surface area contributed by atoms with Gasteiger partial charge in [0.2, 0.25) is 0 Å². The summed E-state index contributed by atoms with van der Waals surface area (Å²) in [6, 6.07) is 8.67. The highest BCUT2D eigenvalue weighted by Crippen LogP contribution is 2.29. The topological polar surface area (TPSA) is 37.8 Å². The van der Waals surface area contributed by atoms with E-state index in [1.54, 1.807) is 22.7 Å². The van der Waals surface area contributed by atoms with E-state index in [-0.39, 0.29) is 0 Å². The molecular weight excluding hydrogens is 298 g/mol. The largest absolute Gasteiger partial charge is 0.309 e. The first-order chi connectivity index (χ1) is 10.3. The number of aryl methyl sites for hydroxylation is 1. The van der Waals surface area contributed by atoms with Gasteiger partial charge in [-0.25, -0.2) is 9.97 Å². The fourth-order valence-corrected chi connectivity index (χ4v) is 4.29. The summed E-state index contributed by atoms with van der Waals surface area (Å²) >= 11 is 3.53. The van der Waals surface area contributed by atoms with Gasteiger partial charge >= 0.3 is 0 Å². The predicted octanol–water partition coefficient (Wildman–Crippen LogP) is 4.34. The van der Waals surface area contributed by atoms with Crippen LogP contribution in [0.15, 0.2) is 29.8 Å². The molecule has 1 atom stereocenters. The van der Waals surface area contributed by atoms with Gasteiger partial charge in [0.1, 0.15) is 0 Å². The van der Waals surface area contributed by atoms with E-state index in [0.717, 1.165) is 30.6 Å². The maximum Gasteiger partial charge on any atom is 0.0957 e. The zero-order valence-corrected chi connectivity index (χ0v) is 13.9. The molecule has 3 nitrogen and oxygen atoms in total. The molecule has 1 N–H and O–H groups in total. The van der Waals surface area contributed by atoms with E-state index < -0.39 is 0 Å². The first-order valence-corrected chi connectivity index (χ1v) is 8.95. The maximum absolute atomic E-state index is 4.76. The van der Waals surface area contributed by atoms with Crippen molar-refractivity contribution >= 4 is 32.9 Å². The second kappa shape index (κ2) is 6.64. The number of para-hydroxylation sites is 1. The molecule has 2 heterocycles. The Morgan fingerprint density at radius 2 is 2.14 bits per heavy atom. The zero-order chi connectivity index (χ0) is 14.7. The van der Waals surface area contributed by atoms with Gasteiger partial charge in [0, 0.05) is 17.3 Å². The highest BCUT2D eigenvalue weighted by Gasteiger charge is 2.18. The van der Waals surface area contributed by atoms with Crippen molar-refractivity contribution in [3.8, 4) is 0 Å². The minimum atomic E-state index is 0.318. The summed E-state index contributed by atoms with van der Waals surface area (Å²) in [5, 5.41) is 4.83. The number of fused-ring (bicyclic) bond motifs is 1. The van der Waals surface area contributed by atoms with Crippen LogP contribution < -0.4 is 5.32 Å². The van der Waals surface area contributed by atoms with Crippen molar-refractivity contribution in [2.75, 3.05) is 6.54 Å². The molecule has 0 aliphatic heterocycles. The third kappa shape index (κ3) is 3.31. The molecule has 21 heavy (non-hydrogen) atoms. The van der Waals surface area contributed by atoms with E-state index in [0.29, 0.717) is 6.04 Å². The first-order valence-electron chi connectivity index (χ1n) is 7.25. The van der Waals surface area contributed by atoms with Gasteiger partial charge in [0.25, 0.3) is 0 Å². The molecule has 0 saturated carbocycles. The number of hydrogen-bond acceptors (Lipinski definition) is 5. The summed E-state index contributed by atoms with van der Waals surface area (Å²) < 4.78 is 1.27.